The van der Waals surface area contributed by atoms with Crippen LogP contribution in [0.4, 0.5) is 13.2 Å². The van der Waals surface area contributed by atoms with Crippen molar-refractivity contribution < 1.29 is 23.1 Å². The number of rotatable bonds is 5. The van der Waals surface area contributed by atoms with Gasteiger partial charge >= 0.3 is 0 Å². The average molecular weight is 336 g/mol. The van der Waals surface area contributed by atoms with Gasteiger partial charge in [-0.15, -0.1) is 0 Å². The summed E-state index contributed by atoms with van der Waals surface area (Å²) in [5.41, 5.74) is 1.54. The van der Waals surface area contributed by atoms with E-state index in [9.17, 15) is 23.1 Å². The van der Waals surface area contributed by atoms with Crippen molar-refractivity contribution in [3.63, 3.8) is 0 Å². The van der Waals surface area contributed by atoms with E-state index in [0.29, 0.717) is 5.56 Å². The number of hydrogen-bond donors (Lipinski definition) is 2. The standard InChI is InChI=1S/C17H15F3N2O2/c1-10-4-11(8-21-7-10)2-3-16(24)22-15(9-23)12-5-13(18)17(20)14(19)6-12/h2-8,15,23H,9H2,1H3,(H,22,24)/b3-2+. The molecule has 0 aliphatic carbocycles. The fraction of sp³-hybridized carbons (Fsp3) is 0.176. The minimum Gasteiger partial charge on any atom is -0.394 e. The number of aryl methyl sites for hydroxylation is 1. The van der Waals surface area contributed by atoms with Crippen molar-refractivity contribution in [3.8, 4) is 0 Å². The number of pyridine rings is 1. The molecule has 0 saturated heterocycles. The Bertz CT molecular complexity index is 755. The zero-order valence-corrected chi connectivity index (χ0v) is 12.8. The van der Waals surface area contributed by atoms with Crippen molar-refractivity contribution in [2.75, 3.05) is 6.61 Å². The molecule has 0 fully saturated rings. The maximum Gasteiger partial charge on any atom is 0.244 e. The first kappa shape index (κ1) is 17.7. The van der Waals surface area contributed by atoms with Gasteiger partial charge in [0.25, 0.3) is 0 Å². The summed E-state index contributed by atoms with van der Waals surface area (Å²) in [6.45, 7) is 1.25. The third kappa shape index (κ3) is 4.42. The number of halogens is 3. The normalized spacial score (nSPS) is 12.4. The summed E-state index contributed by atoms with van der Waals surface area (Å²) in [5.74, 6) is -4.97. The van der Waals surface area contributed by atoms with Crippen LogP contribution in [-0.2, 0) is 4.79 Å². The molecule has 1 aromatic heterocycles. The lowest BCUT2D eigenvalue weighted by atomic mass is 10.1. The number of benzene rings is 1. The summed E-state index contributed by atoms with van der Waals surface area (Å²) in [6, 6.07) is 2.20. The van der Waals surface area contributed by atoms with Gasteiger partial charge in [0.2, 0.25) is 5.91 Å². The fourth-order valence-electron chi connectivity index (χ4n) is 2.07. The molecule has 2 rings (SSSR count). The second-order valence-corrected chi connectivity index (χ2v) is 5.17. The van der Waals surface area contributed by atoms with Crippen molar-refractivity contribution in [1.29, 1.82) is 0 Å². The predicted molar refractivity (Wildman–Crippen MR) is 82.3 cm³/mol. The zero-order chi connectivity index (χ0) is 17.7. The van der Waals surface area contributed by atoms with Crippen molar-refractivity contribution in [2.24, 2.45) is 0 Å². The lowest BCUT2D eigenvalue weighted by Gasteiger charge is -2.16. The van der Waals surface area contributed by atoms with Gasteiger partial charge in [0.1, 0.15) is 0 Å². The van der Waals surface area contributed by atoms with Gasteiger partial charge in [-0.25, -0.2) is 13.2 Å². The van der Waals surface area contributed by atoms with Gasteiger partial charge in [0.05, 0.1) is 12.6 Å². The van der Waals surface area contributed by atoms with Gasteiger partial charge in [0, 0.05) is 18.5 Å². The molecule has 1 atom stereocenters. The summed E-state index contributed by atoms with van der Waals surface area (Å²) < 4.78 is 39.5. The molecule has 0 bridgehead atoms. The first-order chi connectivity index (χ1) is 11.4. The topological polar surface area (TPSA) is 62.2 Å². The van der Waals surface area contributed by atoms with Crippen molar-refractivity contribution >= 4 is 12.0 Å². The van der Waals surface area contributed by atoms with Crippen LogP contribution in [0.25, 0.3) is 6.08 Å². The Kier molecular flexibility index (Phi) is 5.70. The number of nitrogens with one attached hydrogen (secondary N) is 1. The van der Waals surface area contributed by atoms with Gasteiger partial charge < -0.3 is 10.4 Å². The molecule has 0 spiro atoms. The van der Waals surface area contributed by atoms with Crippen LogP contribution in [-0.4, -0.2) is 22.6 Å². The minimum atomic E-state index is -1.60. The Hall–Kier alpha value is -2.67. The zero-order valence-electron chi connectivity index (χ0n) is 12.8. The second-order valence-electron chi connectivity index (χ2n) is 5.17. The van der Waals surface area contributed by atoms with Gasteiger partial charge in [0.15, 0.2) is 17.5 Å². The molecule has 1 aromatic carbocycles. The molecule has 0 saturated carbocycles. The fourth-order valence-corrected chi connectivity index (χ4v) is 2.07. The number of amides is 1. The Morgan fingerprint density at radius 2 is 1.92 bits per heavy atom. The van der Waals surface area contributed by atoms with E-state index in [2.05, 4.69) is 10.3 Å². The number of nitrogens with zero attached hydrogens (tertiary/aromatic N) is 1. The summed E-state index contributed by atoms with van der Waals surface area (Å²) in [4.78, 5) is 15.9. The Morgan fingerprint density at radius 3 is 2.50 bits per heavy atom. The first-order valence-electron chi connectivity index (χ1n) is 7.06. The van der Waals surface area contributed by atoms with Crippen molar-refractivity contribution in [2.45, 2.75) is 13.0 Å². The number of aromatic nitrogens is 1. The number of aliphatic hydroxyl groups excluding tert-OH is 1. The van der Waals surface area contributed by atoms with E-state index < -0.39 is 36.0 Å². The molecule has 1 heterocycles. The molecule has 2 aromatic rings. The van der Waals surface area contributed by atoms with Crippen LogP contribution >= 0.6 is 0 Å². The molecule has 1 unspecified atom stereocenters. The van der Waals surface area contributed by atoms with Crippen molar-refractivity contribution in [3.05, 3.63) is 70.8 Å². The summed E-state index contributed by atoms with van der Waals surface area (Å²) in [7, 11) is 0. The predicted octanol–water partition coefficient (Wildman–Crippen LogP) is 2.67. The SMILES string of the molecule is Cc1cncc(/C=C/C(=O)NC(CO)c2cc(F)c(F)c(F)c2)c1. The third-order valence-electron chi connectivity index (χ3n) is 3.23. The van der Waals surface area contributed by atoms with E-state index in [1.807, 2.05) is 13.0 Å². The Balaban J connectivity index is 2.11. The van der Waals surface area contributed by atoms with Crippen LogP contribution in [0.2, 0.25) is 0 Å². The number of aliphatic hydroxyl groups is 1. The monoisotopic (exact) mass is 336 g/mol. The van der Waals surface area contributed by atoms with Gasteiger partial charge in [-0.1, -0.05) is 0 Å². The highest BCUT2D eigenvalue weighted by atomic mass is 19.2. The highest BCUT2D eigenvalue weighted by Gasteiger charge is 2.18. The summed E-state index contributed by atoms with van der Waals surface area (Å²) in [6.07, 6.45) is 5.94. The molecule has 24 heavy (non-hydrogen) atoms. The lowest BCUT2D eigenvalue weighted by molar-refractivity contribution is -0.117. The molecule has 126 valence electrons. The van der Waals surface area contributed by atoms with Crippen LogP contribution in [0.5, 0.6) is 0 Å². The van der Waals surface area contributed by atoms with E-state index >= 15 is 0 Å². The highest BCUT2D eigenvalue weighted by Crippen LogP contribution is 2.19. The molecule has 7 heteroatoms. The maximum absolute atomic E-state index is 13.3. The minimum absolute atomic E-state index is 0.0760. The number of carbonyl (C=O) groups is 1. The third-order valence-corrected chi connectivity index (χ3v) is 3.23. The Morgan fingerprint density at radius 1 is 1.25 bits per heavy atom. The van der Waals surface area contributed by atoms with Crippen LogP contribution in [0.3, 0.4) is 0 Å². The summed E-state index contributed by atoms with van der Waals surface area (Å²) in [5, 5.41) is 11.7. The smallest absolute Gasteiger partial charge is 0.244 e. The number of carbonyl (C=O) groups excluding carboxylic acids is 1. The highest BCUT2D eigenvalue weighted by molar-refractivity contribution is 5.91. The largest absolute Gasteiger partial charge is 0.394 e. The van der Waals surface area contributed by atoms with Crippen molar-refractivity contribution in [1.82, 2.24) is 10.3 Å². The molecule has 4 nitrogen and oxygen atoms in total. The van der Waals surface area contributed by atoms with E-state index in [4.69, 9.17) is 0 Å². The van der Waals surface area contributed by atoms with Gasteiger partial charge in [-0.3, -0.25) is 9.78 Å². The van der Waals surface area contributed by atoms with E-state index in [1.165, 1.54) is 12.2 Å². The molecule has 0 aliphatic heterocycles. The maximum atomic E-state index is 13.3. The molecular weight excluding hydrogens is 321 g/mol. The van der Waals surface area contributed by atoms with Crippen LogP contribution in [0.1, 0.15) is 22.7 Å². The second kappa shape index (κ2) is 7.74. The van der Waals surface area contributed by atoms with E-state index in [1.54, 1.807) is 12.4 Å². The summed E-state index contributed by atoms with van der Waals surface area (Å²) >= 11 is 0. The first-order valence-corrected chi connectivity index (χ1v) is 7.06. The molecule has 2 N–H and O–H groups in total. The van der Waals surface area contributed by atoms with Crippen LogP contribution in [0, 0.1) is 24.4 Å². The quantitative estimate of drug-likeness (QED) is 0.652. The van der Waals surface area contributed by atoms with E-state index in [-0.39, 0.29) is 5.56 Å². The van der Waals surface area contributed by atoms with Gasteiger partial charge in [-0.05, 0) is 47.9 Å². The molecule has 1 amide bonds. The van der Waals surface area contributed by atoms with Crippen LogP contribution < -0.4 is 5.32 Å². The van der Waals surface area contributed by atoms with E-state index in [0.717, 1.165) is 17.7 Å². The molecule has 0 radical (unpaired) electrons. The number of hydrogen-bond acceptors (Lipinski definition) is 3. The average Bonchev–Trinajstić information content (AvgIpc) is 2.55. The lowest BCUT2D eigenvalue weighted by Crippen LogP contribution is -2.29. The van der Waals surface area contributed by atoms with Crippen LogP contribution in [0.15, 0.2) is 36.7 Å². The van der Waals surface area contributed by atoms with Gasteiger partial charge in [-0.2, -0.15) is 0 Å². The molecular formula is C17H15F3N2O2. The Labute approximate surface area is 136 Å². The molecule has 0 aliphatic rings.